The van der Waals surface area contributed by atoms with E-state index in [0.29, 0.717) is 23.7 Å². The van der Waals surface area contributed by atoms with Crippen molar-refractivity contribution in [3.05, 3.63) is 45.1 Å². The molecule has 1 atom stereocenters. The number of aliphatic hydroxyl groups excluding tert-OH is 1. The lowest BCUT2D eigenvalue weighted by molar-refractivity contribution is 0.153. The summed E-state index contributed by atoms with van der Waals surface area (Å²) in [6.45, 7) is 2.09. The van der Waals surface area contributed by atoms with Gasteiger partial charge in [-0.25, -0.2) is 4.79 Å². The van der Waals surface area contributed by atoms with Crippen molar-refractivity contribution < 1.29 is 5.11 Å². The lowest BCUT2D eigenvalue weighted by Gasteiger charge is -2.09. The summed E-state index contributed by atoms with van der Waals surface area (Å²) in [4.78, 5) is 26.6. The molecule has 2 N–H and O–H groups in total. The van der Waals surface area contributed by atoms with Crippen molar-refractivity contribution in [3.63, 3.8) is 0 Å². The van der Waals surface area contributed by atoms with Gasteiger partial charge < -0.3 is 10.1 Å². The van der Waals surface area contributed by atoms with Gasteiger partial charge in [0.15, 0.2) is 0 Å². The van der Waals surface area contributed by atoms with E-state index in [2.05, 4.69) is 4.98 Å². The normalized spacial score (nSPS) is 12.8. The fourth-order valence-corrected chi connectivity index (χ4v) is 1.88. The Morgan fingerprint density at radius 3 is 2.78 bits per heavy atom. The van der Waals surface area contributed by atoms with E-state index in [4.69, 9.17) is 0 Å². The number of rotatable bonds is 4. The summed E-state index contributed by atoms with van der Waals surface area (Å²) in [7, 11) is 0. The maximum absolute atomic E-state index is 12.1. The molecule has 0 fully saturated rings. The summed E-state index contributed by atoms with van der Waals surface area (Å²) in [5.74, 6) is 0. The number of nitrogens with one attached hydrogen (secondary N) is 1. The van der Waals surface area contributed by atoms with E-state index in [9.17, 15) is 14.7 Å². The van der Waals surface area contributed by atoms with Gasteiger partial charge in [0.2, 0.25) is 0 Å². The first-order valence-electron chi connectivity index (χ1n) is 6.03. The fourth-order valence-electron chi connectivity index (χ4n) is 1.88. The van der Waals surface area contributed by atoms with Crippen LogP contribution in [0.15, 0.2) is 33.9 Å². The number of hydrogen-bond acceptors (Lipinski definition) is 3. The quantitative estimate of drug-likeness (QED) is 0.842. The summed E-state index contributed by atoms with van der Waals surface area (Å²) in [5.41, 5.74) is -0.195. The fraction of sp³-hybridized carbons (Fsp3) is 0.385. The molecule has 0 bridgehead atoms. The second kappa shape index (κ2) is 5.18. The second-order valence-corrected chi connectivity index (χ2v) is 4.28. The average Bonchev–Trinajstić information content (AvgIpc) is 2.38. The van der Waals surface area contributed by atoms with Crippen LogP contribution in [0.25, 0.3) is 10.9 Å². The molecule has 1 aromatic heterocycles. The highest BCUT2D eigenvalue weighted by atomic mass is 16.3. The Labute approximate surface area is 104 Å². The lowest BCUT2D eigenvalue weighted by Crippen LogP contribution is -2.35. The molecule has 2 rings (SSSR count). The molecule has 18 heavy (non-hydrogen) atoms. The van der Waals surface area contributed by atoms with Gasteiger partial charge in [-0.3, -0.25) is 9.36 Å². The van der Waals surface area contributed by atoms with Crippen molar-refractivity contribution in [3.8, 4) is 0 Å². The molecule has 5 heteroatoms. The number of para-hydroxylation sites is 1. The van der Waals surface area contributed by atoms with Gasteiger partial charge in [-0.15, -0.1) is 0 Å². The van der Waals surface area contributed by atoms with Crippen molar-refractivity contribution in [2.75, 3.05) is 0 Å². The molecule has 0 aliphatic heterocycles. The second-order valence-electron chi connectivity index (χ2n) is 4.28. The van der Waals surface area contributed by atoms with Crippen LogP contribution in [0.1, 0.15) is 19.8 Å². The smallest absolute Gasteiger partial charge is 0.328 e. The summed E-state index contributed by atoms with van der Waals surface area (Å²) in [6, 6.07) is 6.90. The molecular formula is C13H16N2O3. The van der Waals surface area contributed by atoms with Crippen LogP contribution in [0.2, 0.25) is 0 Å². The van der Waals surface area contributed by atoms with Crippen LogP contribution in [0, 0.1) is 0 Å². The molecule has 0 aliphatic rings. The van der Waals surface area contributed by atoms with Gasteiger partial charge >= 0.3 is 5.69 Å². The third kappa shape index (κ3) is 2.36. The molecule has 0 saturated heterocycles. The number of aromatic amines is 1. The van der Waals surface area contributed by atoms with E-state index in [-0.39, 0.29) is 12.1 Å². The van der Waals surface area contributed by atoms with Gasteiger partial charge in [-0.05, 0) is 25.0 Å². The van der Waals surface area contributed by atoms with E-state index in [0.717, 1.165) is 4.57 Å². The predicted octanol–water partition coefficient (Wildman–Crippen LogP) is 0.851. The Morgan fingerprint density at radius 2 is 2.06 bits per heavy atom. The monoisotopic (exact) mass is 248 g/mol. The van der Waals surface area contributed by atoms with Crippen LogP contribution in [-0.2, 0) is 6.54 Å². The Morgan fingerprint density at radius 1 is 1.33 bits per heavy atom. The predicted molar refractivity (Wildman–Crippen MR) is 69.7 cm³/mol. The van der Waals surface area contributed by atoms with Crippen LogP contribution < -0.4 is 11.2 Å². The summed E-state index contributed by atoms with van der Waals surface area (Å²) in [6.07, 6.45) is 0.528. The number of fused-ring (bicyclic) bond motifs is 1. The molecule has 0 amide bonds. The van der Waals surface area contributed by atoms with Gasteiger partial charge in [0.05, 0.1) is 17.0 Å². The third-order valence-corrected chi connectivity index (χ3v) is 3.05. The molecule has 1 aromatic carbocycles. The van der Waals surface area contributed by atoms with E-state index in [1.807, 2.05) is 6.92 Å². The molecule has 96 valence electrons. The molecule has 1 heterocycles. The number of aromatic nitrogens is 2. The van der Waals surface area contributed by atoms with Crippen molar-refractivity contribution >= 4 is 10.9 Å². The van der Waals surface area contributed by atoms with Crippen LogP contribution in [0.5, 0.6) is 0 Å². The van der Waals surface area contributed by atoms with E-state index >= 15 is 0 Å². The van der Waals surface area contributed by atoms with Crippen molar-refractivity contribution in [1.29, 1.82) is 0 Å². The van der Waals surface area contributed by atoms with Crippen molar-refractivity contribution in [1.82, 2.24) is 9.55 Å². The molecule has 0 saturated carbocycles. The standard InChI is InChI=1S/C13H16N2O3/c1-2-9(16)7-8-15-12(17)10-5-3-4-6-11(10)14-13(15)18/h3-6,9,16H,2,7-8H2,1H3,(H,14,18). The largest absolute Gasteiger partial charge is 0.393 e. The van der Waals surface area contributed by atoms with E-state index in [1.165, 1.54) is 0 Å². The maximum Gasteiger partial charge on any atom is 0.328 e. The number of H-pyrrole nitrogens is 1. The average molecular weight is 248 g/mol. The molecule has 1 unspecified atom stereocenters. The minimum atomic E-state index is -0.484. The number of aliphatic hydroxyl groups is 1. The Bertz CT molecular complexity index is 657. The lowest BCUT2D eigenvalue weighted by atomic mass is 10.2. The first-order chi connectivity index (χ1) is 8.63. The van der Waals surface area contributed by atoms with E-state index < -0.39 is 11.8 Å². The Kier molecular flexibility index (Phi) is 3.62. The topological polar surface area (TPSA) is 75.1 Å². The zero-order valence-electron chi connectivity index (χ0n) is 10.2. The third-order valence-electron chi connectivity index (χ3n) is 3.05. The first kappa shape index (κ1) is 12.6. The summed E-state index contributed by atoms with van der Waals surface area (Å²) < 4.78 is 1.14. The highest BCUT2D eigenvalue weighted by Gasteiger charge is 2.08. The van der Waals surface area contributed by atoms with Crippen LogP contribution >= 0.6 is 0 Å². The number of hydrogen-bond donors (Lipinski definition) is 2. The molecule has 0 aliphatic carbocycles. The minimum Gasteiger partial charge on any atom is -0.393 e. The van der Waals surface area contributed by atoms with Gasteiger partial charge in [0.1, 0.15) is 0 Å². The molecule has 0 radical (unpaired) electrons. The van der Waals surface area contributed by atoms with Gasteiger partial charge in [0, 0.05) is 6.54 Å². The maximum atomic E-state index is 12.1. The van der Waals surface area contributed by atoms with Crippen molar-refractivity contribution in [2.45, 2.75) is 32.4 Å². The minimum absolute atomic E-state index is 0.230. The summed E-state index contributed by atoms with van der Waals surface area (Å²) >= 11 is 0. The molecule has 5 nitrogen and oxygen atoms in total. The Balaban J connectivity index is 2.45. The molecule has 2 aromatic rings. The van der Waals surface area contributed by atoms with Gasteiger partial charge in [-0.2, -0.15) is 0 Å². The number of benzene rings is 1. The number of nitrogens with zero attached hydrogens (tertiary/aromatic N) is 1. The van der Waals surface area contributed by atoms with Crippen LogP contribution in [0.4, 0.5) is 0 Å². The molecular weight excluding hydrogens is 232 g/mol. The summed E-state index contributed by atoms with van der Waals surface area (Å²) in [5, 5.41) is 9.98. The highest BCUT2D eigenvalue weighted by Crippen LogP contribution is 2.04. The van der Waals surface area contributed by atoms with Crippen LogP contribution in [-0.4, -0.2) is 20.8 Å². The van der Waals surface area contributed by atoms with Crippen LogP contribution in [0.3, 0.4) is 0 Å². The zero-order valence-corrected chi connectivity index (χ0v) is 10.2. The highest BCUT2D eigenvalue weighted by molar-refractivity contribution is 5.76. The SMILES string of the molecule is CCC(O)CCn1c(=O)[nH]c2ccccc2c1=O. The first-order valence-corrected chi connectivity index (χ1v) is 6.03. The van der Waals surface area contributed by atoms with Gasteiger partial charge in [-0.1, -0.05) is 19.1 Å². The van der Waals surface area contributed by atoms with Gasteiger partial charge in [0.25, 0.3) is 5.56 Å². The molecule has 0 spiro atoms. The van der Waals surface area contributed by atoms with Crippen molar-refractivity contribution in [2.24, 2.45) is 0 Å². The van der Waals surface area contributed by atoms with E-state index in [1.54, 1.807) is 24.3 Å². The zero-order chi connectivity index (χ0) is 13.1. The Hall–Kier alpha value is -1.88.